The summed E-state index contributed by atoms with van der Waals surface area (Å²) in [5.41, 5.74) is 2.55. The maximum atomic E-state index is 12.2. The quantitative estimate of drug-likeness (QED) is 0.359. The van der Waals surface area contributed by atoms with Crippen LogP contribution in [0, 0.1) is 13.8 Å². The predicted octanol–water partition coefficient (Wildman–Crippen LogP) is 1.31. The van der Waals surface area contributed by atoms with Gasteiger partial charge in [-0.15, -0.1) is 10.2 Å². The molecule has 2 heterocycles. The lowest BCUT2D eigenvalue weighted by molar-refractivity contribution is -0.113. The van der Waals surface area contributed by atoms with Crippen LogP contribution in [0.1, 0.15) is 21.7 Å². The maximum absolute atomic E-state index is 12.2. The molecule has 0 aliphatic heterocycles. The van der Waals surface area contributed by atoms with E-state index in [1.165, 1.54) is 11.8 Å². The number of esters is 1. The number of aromatic nitrogens is 5. The van der Waals surface area contributed by atoms with Crippen molar-refractivity contribution in [3.05, 3.63) is 47.3 Å². The monoisotopic (exact) mass is 401 g/mol. The number of nitrogen functional groups attached to an aromatic ring is 1. The summed E-state index contributed by atoms with van der Waals surface area (Å²) in [5, 5.41) is 15.5. The Morgan fingerprint density at radius 1 is 1.25 bits per heavy atom. The van der Waals surface area contributed by atoms with E-state index in [0.717, 1.165) is 23.1 Å². The zero-order valence-electron chi connectivity index (χ0n) is 15.5. The molecule has 0 radical (unpaired) electrons. The van der Waals surface area contributed by atoms with Gasteiger partial charge in [-0.1, -0.05) is 17.8 Å². The number of thioether (sulfide) groups is 1. The first kappa shape index (κ1) is 19.4. The third kappa shape index (κ3) is 4.14. The van der Waals surface area contributed by atoms with Crippen LogP contribution in [0.4, 0.5) is 5.69 Å². The van der Waals surface area contributed by atoms with Gasteiger partial charge in [-0.25, -0.2) is 14.2 Å². The minimum Gasteiger partial charge on any atom is -0.465 e. The number of anilines is 1. The molecule has 10 nitrogen and oxygen atoms in total. The number of benzene rings is 1. The molecule has 28 heavy (non-hydrogen) atoms. The van der Waals surface area contributed by atoms with Crippen LogP contribution >= 0.6 is 11.8 Å². The van der Waals surface area contributed by atoms with E-state index in [4.69, 9.17) is 5.84 Å². The third-order valence-corrected chi connectivity index (χ3v) is 4.69. The standard InChI is InChI=1S/C17H19N7O3S/c1-10-7-11(2)24(22-10)16-20-21-17(23(16)18)28-9-14(25)19-13-6-4-5-12(8-13)15(26)27-3/h4-8H,9,18H2,1-3H3,(H,19,25). The Morgan fingerprint density at radius 2 is 2.04 bits per heavy atom. The number of hydrogen-bond acceptors (Lipinski definition) is 8. The highest BCUT2D eigenvalue weighted by atomic mass is 32.2. The molecular weight excluding hydrogens is 382 g/mol. The Hall–Kier alpha value is -3.34. The van der Waals surface area contributed by atoms with E-state index >= 15 is 0 Å². The largest absolute Gasteiger partial charge is 0.465 e. The molecule has 3 rings (SSSR count). The van der Waals surface area contributed by atoms with Gasteiger partial charge >= 0.3 is 5.97 Å². The lowest BCUT2D eigenvalue weighted by atomic mass is 10.2. The summed E-state index contributed by atoms with van der Waals surface area (Å²) in [6.45, 7) is 3.76. The summed E-state index contributed by atoms with van der Waals surface area (Å²) in [6.07, 6.45) is 0. The third-order valence-electron chi connectivity index (χ3n) is 3.75. The van der Waals surface area contributed by atoms with E-state index < -0.39 is 5.97 Å². The van der Waals surface area contributed by atoms with Gasteiger partial charge in [0.1, 0.15) is 0 Å². The van der Waals surface area contributed by atoms with Crippen molar-refractivity contribution in [3.8, 4) is 5.95 Å². The van der Waals surface area contributed by atoms with Crippen molar-refractivity contribution in [1.29, 1.82) is 0 Å². The number of methoxy groups -OCH3 is 1. The smallest absolute Gasteiger partial charge is 0.337 e. The summed E-state index contributed by atoms with van der Waals surface area (Å²) in [4.78, 5) is 23.8. The first-order valence-electron chi connectivity index (χ1n) is 8.24. The number of carbonyl (C=O) groups excluding carboxylic acids is 2. The number of amides is 1. The van der Waals surface area contributed by atoms with Gasteiger partial charge < -0.3 is 15.9 Å². The number of carbonyl (C=O) groups is 2. The molecule has 0 unspecified atom stereocenters. The molecular formula is C17H19N7O3S. The van der Waals surface area contributed by atoms with Gasteiger partial charge in [0.15, 0.2) is 0 Å². The van der Waals surface area contributed by atoms with Crippen LogP contribution in [0.2, 0.25) is 0 Å². The number of nitrogens with two attached hydrogens (primary N) is 1. The Bertz CT molecular complexity index is 1030. The van der Waals surface area contributed by atoms with Crippen LogP contribution in [0.25, 0.3) is 5.95 Å². The fourth-order valence-corrected chi connectivity index (χ4v) is 3.16. The number of nitrogens with one attached hydrogen (secondary N) is 1. The van der Waals surface area contributed by atoms with Gasteiger partial charge in [-0.3, -0.25) is 4.79 Å². The van der Waals surface area contributed by atoms with E-state index in [1.54, 1.807) is 28.9 Å². The highest BCUT2D eigenvalue weighted by molar-refractivity contribution is 7.99. The molecule has 0 saturated heterocycles. The van der Waals surface area contributed by atoms with Gasteiger partial charge in [0.25, 0.3) is 5.95 Å². The van der Waals surface area contributed by atoms with E-state index in [0.29, 0.717) is 22.4 Å². The second-order valence-corrected chi connectivity index (χ2v) is 6.84. The number of rotatable bonds is 6. The van der Waals surface area contributed by atoms with E-state index in [9.17, 15) is 9.59 Å². The summed E-state index contributed by atoms with van der Waals surface area (Å²) in [5.74, 6) is 5.72. The van der Waals surface area contributed by atoms with Gasteiger partial charge in [-0.2, -0.15) is 5.10 Å². The molecule has 146 valence electrons. The van der Waals surface area contributed by atoms with Crippen LogP contribution in [0.5, 0.6) is 0 Å². The zero-order valence-corrected chi connectivity index (χ0v) is 16.4. The molecule has 3 N–H and O–H groups in total. The molecule has 0 saturated carbocycles. The number of hydrogen-bond donors (Lipinski definition) is 2. The fraction of sp³-hybridized carbons (Fsp3) is 0.235. The molecule has 0 fully saturated rings. The average Bonchev–Trinajstić information content (AvgIpc) is 3.20. The topological polar surface area (TPSA) is 130 Å². The minimum atomic E-state index is -0.474. The maximum Gasteiger partial charge on any atom is 0.337 e. The molecule has 0 spiro atoms. The molecule has 11 heteroatoms. The molecule has 0 atom stereocenters. The summed E-state index contributed by atoms with van der Waals surface area (Å²) in [6, 6.07) is 8.39. The molecule has 2 aromatic heterocycles. The lowest BCUT2D eigenvalue weighted by Crippen LogP contribution is -2.19. The Balaban J connectivity index is 1.64. The van der Waals surface area contributed by atoms with Gasteiger partial charge in [-0.05, 0) is 38.1 Å². The minimum absolute atomic E-state index is 0.0644. The first-order chi connectivity index (χ1) is 13.4. The van der Waals surface area contributed by atoms with Crippen molar-refractivity contribution < 1.29 is 14.3 Å². The number of ether oxygens (including phenoxy) is 1. The van der Waals surface area contributed by atoms with Crippen molar-refractivity contribution in [2.75, 3.05) is 24.0 Å². The molecule has 0 aliphatic carbocycles. The van der Waals surface area contributed by atoms with Crippen LogP contribution in [0.15, 0.2) is 35.5 Å². The van der Waals surface area contributed by atoms with Crippen LogP contribution in [0.3, 0.4) is 0 Å². The Morgan fingerprint density at radius 3 is 2.71 bits per heavy atom. The summed E-state index contributed by atoms with van der Waals surface area (Å²) < 4.78 is 7.54. The zero-order chi connectivity index (χ0) is 20.3. The molecule has 3 aromatic rings. The Kier molecular flexibility index (Phi) is 5.64. The Labute approximate surface area is 165 Å². The highest BCUT2D eigenvalue weighted by Crippen LogP contribution is 2.18. The molecule has 0 bridgehead atoms. The van der Waals surface area contributed by atoms with Crippen molar-refractivity contribution in [3.63, 3.8) is 0 Å². The number of aryl methyl sites for hydroxylation is 2. The molecule has 0 aliphatic rings. The summed E-state index contributed by atoms with van der Waals surface area (Å²) >= 11 is 1.14. The highest BCUT2D eigenvalue weighted by Gasteiger charge is 2.16. The second-order valence-electron chi connectivity index (χ2n) is 5.90. The molecule has 1 amide bonds. The normalized spacial score (nSPS) is 10.7. The first-order valence-corrected chi connectivity index (χ1v) is 9.22. The van der Waals surface area contributed by atoms with Crippen LogP contribution < -0.4 is 11.2 Å². The number of nitrogens with zero attached hydrogens (tertiary/aromatic N) is 5. The van der Waals surface area contributed by atoms with E-state index in [2.05, 4.69) is 25.3 Å². The summed E-state index contributed by atoms with van der Waals surface area (Å²) in [7, 11) is 1.30. The fourth-order valence-electron chi connectivity index (χ4n) is 2.51. The second kappa shape index (κ2) is 8.13. The van der Waals surface area contributed by atoms with E-state index in [1.807, 2.05) is 19.9 Å². The molecule has 1 aromatic carbocycles. The van der Waals surface area contributed by atoms with Crippen LogP contribution in [-0.2, 0) is 9.53 Å². The SMILES string of the molecule is COC(=O)c1cccc(NC(=O)CSc2nnc(-n3nc(C)cc3C)n2N)c1. The van der Waals surface area contributed by atoms with Crippen LogP contribution in [-0.4, -0.2) is 49.4 Å². The van der Waals surface area contributed by atoms with Gasteiger partial charge in [0.2, 0.25) is 11.1 Å². The van der Waals surface area contributed by atoms with Crippen molar-refractivity contribution in [2.24, 2.45) is 0 Å². The van der Waals surface area contributed by atoms with Crippen molar-refractivity contribution in [1.82, 2.24) is 24.7 Å². The van der Waals surface area contributed by atoms with Crippen molar-refractivity contribution >= 4 is 29.3 Å². The lowest BCUT2D eigenvalue weighted by Gasteiger charge is -2.07. The van der Waals surface area contributed by atoms with Gasteiger partial charge in [0.05, 0.1) is 24.1 Å². The average molecular weight is 401 g/mol. The predicted molar refractivity (Wildman–Crippen MR) is 104 cm³/mol. The van der Waals surface area contributed by atoms with E-state index in [-0.39, 0.29) is 11.7 Å². The van der Waals surface area contributed by atoms with Gasteiger partial charge in [0, 0.05) is 11.4 Å². The van der Waals surface area contributed by atoms with Crippen molar-refractivity contribution in [2.45, 2.75) is 19.0 Å².